The van der Waals surface area contributed by atoms with Crippen LogP contribution in [0, 0.1) is 0 Å². The van der Waals surface area contributed by atoms with Gasteiger partial charge in [0.05, 0.1) is 29.1 Å². The molecular formula is C31H44N4O4S. The molecule has 40 heavy (non-hydrogen) atoms. The average molecular weight is 569 g/mol. The van der Waals surface area contributed by atoms with Crippen molar-refractivity contribution >= 4 is 33.3 Å². The highest BCUT2D eigenvalue weighted by atomic mass is 32.3. The van der Waals surface area contributed by atoms with E-state index in [2.05, 4.69) is 15.2 Å². The lowest BCUT2D eigenvalue weighted by Gasteiger charge is -2.47. The van der Waals surface area contributed by atoms with Crippen LogP contribution in [0.3, 0.4) is 0 Å². The van der Waals surface area contributed by atoms with E-state index in [1.54, 1.807) is 10.4 Å². The quantitative estimate of drug-likeness (QED) is 0.219. The highest BCUT2D eigenvalue weighted by Gasteiger charge is 2.30. The van der Waals surface area contributed by atoms with Crippen LogP contribution in [0.5, 0.6) is 0 Å². The predicted octanol–water partition coefficient (Wildman–Crippen LogP) is 5.55. The zero-order chi connectivity index (χ0) is 28.1. The van der Waals surface area contributed by atoms with Gasteiger partial charge in [-0.25, -0.2) is 0 Å². The number of nitrogens with zero attached hydrogens (tertiary/aromatic N) is 2. The predicted molar refractivity (Wildman–Crippen MR) is 164 cm³/mol. The fraction of sp³-hybridized carbons (Fsp3) is 0.516. The minimum Gasteiger partial charge on any atom is -0.390 e. The van der Waals surface area contributed by atoms with Crippen LogP contribution in [0.4, 0.5) is 5.69 Å². The zero-order valence-electron chi connectivity index (χ0n) is 23.5. The van der Waals surface area contributed by atoms with Crippen LogP contribution >= 0.6 is 10.8 Å². The molecule has 1 saturated carbocycles. The van der Waals surface area contributed by atoms with Gasteiger partial charge in [0, 0.05) is 42.8 Å². The number of benzene rings is 2. The van der Waals surface area contributed by atoms with Crippen LogP contribution in [0.2, 0.25) is 0 Å². The summed E-state index contributed by atoms with van der Waals surface area (Å²) < 4.78 is 25.6. The highest BCUT2D eigenvalue weighted by molar-refractivity contribution is 8.25. The fourth-order valence-corrected chi connectivity index (χ4v) is 7.81. The van der Waals surface area contributed by atoms with Crippen molar-refractivity contribution in [3.8, 4) is 0 Å². The third-order valence-corrected chi connectivity index (χ3v) is 10.3. The number of carbonyl (C=O) groups excluding carboxylic acids is 1. The Bertz CT molecular complexity index is 1280. The van der Waals surface area contributed by atoms with Crippen molar-refractivity contribution in [2.24, 2.45) is 0 Å². The molecule has 2 heterocycles. The van der Waals surface area contributed by atoms with E-state index in [9.17, 15) is 19.0 Å². The van der Waals surface area contributed by atoms with Crippen LogP contribution in [-0.4, -0.2) is 61.7 Å². The van der Waals surface area contributed by atoms with Crippen molar-refractivity contribution in [3.63, 3.8) is 0 Å². The number of amides is 1. The van der Waals surface area contributed by atoms with Crippen LogP contribution < -0.4 is 14.9 Å². The van der Waals surface area contributed by atoms with Gasteiger partial charge in [-0.2, -0.15) is 0 Å². The van der Waals surface area contributed by atoms with E-state index in [1.807, 2.05) is 55.6 Å². The van der Waals surface area contributed by atoms with Gasteiger partial charge in [-0.05, 0) is 62.8 Å². The summed E-state index contributed by atoms with van der Waals surface area (Å²) >= 11 is 0. The molecule has 3 aromatic rings. The van der Waals surface area contributed by atoms with Crippen LogP contribution in [-0.2, 0) is 13.0 Å². The number of rotatable bonds is 10. The lowest BCUT2D eigenvalue weighted by atomic mass is 9.95. The van der Waals surface area contributed by atoms with Crippen molar-refractivity contribution < 1.29 is 19.0 Å². The highest BCUT2D eigenvalue weighted by Crippen LogP contribution is 2.51. The molecule has 0 bridgehead atoms. The van der Waals surface area contributed by atoms with Crippen molar-refractivity contribution in [2.75, 3.05) is 23.1 Å². The van der Waals surface area contributed by atoms with E-state index < -0.39 is 22.9 Å². The third-order valence-electron chi connectivity index (χ3n) is 8.42. The Morgan fingerprint density at radius 1 is 1.05 bits per heavy atom. The van der Waals surface area contributed by atoms with E-state index in [-0.39, 0.29) is 5.91 Å². The molecule has 2 atom stereocenters. The Balaban J connectivity index is 1.42. The average Bonchev–Trinajstić information content (AvgIpc) is 3.39. The number of nitrogens with one attached hydrogen (secondary N) is 2. The monoisotopic (exact) mass is 568 g/mol. The largest absolute Gasteiger partial charge is 0.390 e. The first kappa shape index (κ1) is 29.0. The molecule has 1 amide bonds. The van der Waals surface area contributed by atoms with Gasteiger partial charge in [0.15, 0.2) is 0 Å². The number of aromatic nitrogens is 1. The Morgan fingerprint density at radius 2 is 1.82 bits per heavy atom. The maximum absolute atomic E-state index is 13.8. The molecule has 0 radical (unpaired) electrons. The smallest absolute Gasteiger partial charge is 0.251 e. The molecule has 2 aliphatic rings. The second kappa shape index (κ2) is 13.0. The lowest BCUT2D eigenvalue weighted by molar-refractivity contribution is 0.0821. The number of fused-ring (bicyclic) bond motifs is 1. The Hall–Kier alpha value is -2.56. The van der Waals surface area contributed by atoms with E-state index in [0.717, 1.165) is 48.7 Å². The zero-order valence-corrected chi connectivity index (χ0v) is 24.3. The summed E-state index contributed by atoms with van der Waals surface area (Å²) in [6, 6.07) is 15.5. The first-order valence-corrected chi connectivity index (χ1v) is 16.5. The molecule has 1 aliphatic carbocycles. The summed E-state index contributed by atoms with van der Waals surface area (Å²) in [7, 11) is -2.96. The molecule has 2 aromatic carbocycles. The second-order valence-electron chi connectivity index (χ2n) is 11.3. The number of hydrogen-bond donors (Lipinski definition) is 5. The van der Waals surface area contributed by atoms with Gasteiger partial charge in [-0.3, -0.25) is 18.2 Å². The van der Waals surface area contributed by atoms with Crippen LogP contribution in [0.15, 0.2) is 54.7 Å². The Labute approximate surface area is 239 Å². The number of aliphatic hydroxyl groups excluding tert-OH is 1. The first-order chi connectivity index (χ1) is 19.4. The van der Waals surface area contributed by atoms with Crippen molar-refractivity contribution in [1.29, 1.82) is 0 Å². The summed E-state index contributed by atoms with van der Waals surface area (Å²) in [5.41, 5.74) is 3.05. The van der Waals surface area contributed by atoms with Gasteiger partial charge in [-0.15, -0.1) is 10.8 Å². The summed E-state index contributed by atoms with van der Waals surface area (Å²) in [6.45, 7) is 3.72. The van der Waals surface area contributed by atoms with Crippen LogP contribution in [0.25, 0.3) is 10.9 Å². The molecular weight excluding hydrogens is 524 g/mol. The minimum absolute atomic E-state index is 0.280. The van der Waals surface area contributed by atoms with Crippen molar-refractivity contribution in [2.45, 2.75) is 83.0 Å². The third kappa shape index (κ3) is 6.66. The summed E-state index contributed by atoms with van der Waals surface area (Å²) in [4.78, 5) is 13.8. The van der Waals surface area contributed by atoms with E-state index in [0.29, 0.717) is 42.6 Å². The van der Waals surface area contributed by atoms with Gasteiger partial charge in [-0.1, -0.05) is 49.6 Å². The molecule has 5 N–H and O–H groups in total. The van der Waals surface area contributed by atoms with Gasteiger partial charge in [0.2, 0.25) is 0 Å². The molecule has 1 saturated heterocycles. The second-order valence-corrected chi connectivity index (χ2v) is 13.4. The molecule has 0 unspecified atom stereocenters. The van der Waals surface area contributed by atoms with Crippen LogP contribution in [0.1, 0.15) is 67.8 Å². The standard InChI is InChI=1S/C31H44N4O4S/c1-2-34-17-15-26-28(34)20-24(21-29(26)35-16-9-10-18-40(35,38)39)31(37)33-27(19-23-11-5-3-6-12-23)30(36)22-32-25-13-7-4-8-14-25/h3,5-6,11-12,15,17,20-21,25,27,30,32,36,38-39H,2,4,7-10,13-14,16,18-19,22H2,1H3,(H,33,37)/t27-,30-/m0/s1. The number of hydrogen-bond acceptors (Lipinski definition) is 6. The number of aryl methyl sites for hydroxylation is 1. The minimum atomic E-state index is -2.96. The number of anilines is 1. The topological polar surface area (TPSA) is 110 Å². The number of carbonyl (C=O) groups is 1. The van der Waals surface area contributed by atoms with E-state index in [1.165, 1.54) is 19.3 Å². The normalized spacial score (nSPS) is 20.2. The first-order valence-electron chi connectivity index (χ1n) is 14.8. The molecule has 1 aromatic heterocycles. The molecule has 1 aliphatic heterocycles. The van der Waals surface area contributed by atoms with Gasteiger partial charge in [0.1, 0.15) is 0 Å². The summed E-state index contributed by atoms with van der Waals surface area (Å²) in [5.74, 6) is 0.0526. The Morgan fingerprint density at radius 3 is 2.55 bits per heavy atom. The van der Waals surface area contributed by atoms with E-state index in [4.69, 9.17) is 0 Å². The summed E-state index contributed by atoms with van der Waals surface area (Å²) in [5, 5.41) is 18.9. The van der Waals surface area contributed by atoms with Crippen molar-refractivity contribution in [1.82, 2.24) is 15.2 Å². The van der Waals surface area contributed by atoms with Gasteiger partial charge < -0.3 is 20.3 Å². The number of aliphatic hydroxyl groups is 1. The maximum Gasteiger partial charge on any atom is 0.251 e. The summed E-state index contributed by atoms with van der Waals surface area (Å²) in [6.07, 6.45) is 9.30. The molecule has 5 rings (SSSR count). The SMILES string of the molecule is CCn1ccc2c(N3CCCCS3(O)O)cc(C(=O)N[C@@H](Cc3ccccc3)[C@@H](O)CNC3CCCCC3)cc21. The van der Waals surface area contributed by atoms with Gasteiger partial charge >= 0.3 is 0 Å². The maximum atomic E-state index is 13.8. The Kier molecular flexibility index (Phi) is 9.38. The molecule has 218 valence electrons. The molecule has 8 nitrogen and oxygen atoms in total. The fourth-order valence-electron chi connectivity index (χ4n) is 6.11. The molecule has 0 spiro atoms. The molecule has 2 fully saturated rings. The lowest BCUT2D eigenvalue weighted by Crippen LogP contribution is -2.50. The van der Waals surface area contributed by atoms with Crippen molar-refractivity contribution in [3.05, 3.63) is 65.9 Å². The van der Waals surface area contributed by atoms with E-state index >= 15 is 0 Å². The molecule has 9 heteroatoms. The van der Waals surface area contributed by atoms with Gasteiger partial charge in [0.25, 0.3) is 5.91 Å².